The molecule has 9 nitrogen and oxygen atoms in total. The second kappa shape index (κ2) is 9.41. The van der Waals surface area contributed by atoms with Crippen molar-refractivity contribution in [2.75, 3.05) is 16.6 Å². The largest absolute Gasteiger partial charge is 0.347 e. The number of aromatic nitrogens is 2. The van der Waals surface area contributed by atoms with Gasteiger partial charge in [0.1, 0.15) is 0 Å². The first-order valence-corrected chi connectivity index (χ1v) is 11.6. The van der Waals surface area contributed by atoms with Crippen molar-refractivity contribution in [3.63, 3.8) is 0 Å². The number of pyridine rings is 1. The van der Waals surface area contributed by atoms with Crippen LogP contribution < -0.4 is 15.4 Å². The fourth-order valence-corrected chi connectivity index (χ4v) is 4.78. The number of thiazole rings is 1. The fraction of sp³-hybridized carbons (Fsp3) is 0.158. The lowest BCUT2D eigenvalue weighted by molar-refractivity contribution is -0.122. The summed E-state index contributed by atoms with van der Waals surface area (Å²) in [4.78, 5) is 32.0. The molecule has 12 heteroatoms. The molecule has 0 saturated carbocycles. The van der Waals surface area contributed by atoms with Crippen LogP contribution in [0.2, 0.25) is 5.15 Å². The number of nitrogens with one attached hydrogen (secondary N) is 3. The van der Waals surface area contributed by atoms with Crippen LogP contribution >= 0.6 is 22.9 Å². The van der Waals surface area contributed by atoms with Gasteiger partial charge in [-0.25, -0.2) is 18.4 Å². The number of amides is 2. The standard InChI is InChI=1S/C19H18ClN5O4S2/c1-11-17(30-19(23-11)24-16(27)10-21-12(2)26)13-8-15(18(20)22-9-13)25-31(28,29)14-6-4-3-5-7-14/h3-9,25H,10H2,1-2H3,(H,21,26)(H,23,24,27). The van der Waals surface area contributed by atoms with E-state index in [0.29, 0.717) is 21.3 Å². The monoisotopic (exact) mass is 479 g/mol. The van der Waals surface area contributed by atoms with Crippen LogP contribution in [0.4, 0.5) is 10.8 Å². The lowest BCUT2D eigenvalue weighted by Gasteiger charge is -2.10. The SMILES string of the molecule is CC(=O)NCC(=O)Nc1nc(C)c(-c2cnc(Cl)c(NS(=O)(=O)c3ccccc3)c2)s1. The number of halogens is 1. The van der Waals surface area contributed by atoms with Crippen molar-refractivity contribution in [2.24, 2.45) is 0 Å². The molecular formula is C19H18ClN5O4S2. The summed E-state index contributed by atoms with van der Waals surface area (Å²) in [6.07, 6.45) is 1.49. The van der Waals surface area contributed by atoms with E-state index in [2.05, 4.69) is 25.3 Å². The molecular weight excluding hydrogens is 462 g/mol. The molecule has 3 N–H and O–H groups in total. The van der Waals surface area contributed by atoms with Crippen molar-refractivity contribution in [3.8, 4) is 10.4 Å². The molecule has 0 aliphatic rings. The van der Waals surface area contributed by atoms with Gasteiger partial charge in [0, 0.05) is 18.7 Å². The van der Waals surface area contributed by atoms with Crippen molar-refractivity contribution in [1.82, 2.24) is 15.3 Å². The van der Waals surface area contributed by atoms with Crippen LogP contribution in [-0.2, 0) is 19.6 Å². The molecule has 0 unspecified atom stereocenters. The zero-order chi connectivity index (χ0) is 22.6. The van der Waals surface area contributed by atoms with E-state index in [-0.39, 0.29) is 28.2 Å². The van der Waals surface area contributed by atoms with E-state index in [1.165, 1.54) is 36.6 Å². The minimum atomic E-state index is -3.85. The highest BCUT2D eigenvalue weighted by molar-refractivity contribution is 7.92. The average molecular weight is 480 g/mol. The van der Waals surface area contributed by atoms with E-state index in [9.17, 15) is 18.0 Å². The third-order valence-electron chi connectivity index (χ3n) is 3.94. The average Bonchev–Trinajstić information content (AvgIpc) is 3.08. The Kier molecular flexibility index (Phi) is 6.88. The van der Waals surface area contributed by atoms with E-state index in [4.69, 9.17) is 11.6 Å². The number of rotatable bonds is 7. The summed E-state index contributed by atoms with van der Waals surface area (Å²) in [5.74, 6) is -0.732. The quantitative estimate of drug-likeness (QED) is 0.446. The predicted molar refractivity (Wildman–Crippen MR) is 120 cm³/mol. The zero-order valence-corrected chi connectivity index (χ0v) is 18.9. The molecule has 0 radical (unpaired) electrons. The molecule has 3 rings (SSSR count). The van der Waals surface area contributed by atoms with Crippen LogP contribution in [0.5, 0.6) is 0 Å². The van der Waals surface area contributed by atoms with Crippen molar-refractivity contribution in [3.05, 3.63) is 53.4 Å². The van der Waals surface area contributed by atoms with E-state index in [0.717, 1.165) is 0 Å². The topological polar surface area (TPSA) is 130 Å². The highest BCUT2D eigenvalue weighted by Crippen LogP contribution is 2.35. The summed E-state index contributed by atoms with van der Waals surface area (Å²) in [5.41, 5.74) is 1.31. The van der Waals surface area contributed by atoms with Crippen molar-refractivity contribution in [1.29, 1.82) is 0 Å². The first-order chi connectivity index (χ1) is 14.7. The highest BCUT2D eigenvalue weighted by atomic mass is 35.5. The number of hydrogen-bond donors (Lipinski definition) is 3. The van der Waals surface area contributed by atoms with E-state index in [1.54, 1.807) is 31.2 Å². The molecule has 0 atom stereocenters. The van der Waals surface area contributed by atoms with Crippen molar-refractivity contribution in [2.45, 2.75) is 18.7 Å². The van der Waals surface area contributed by atoms with Crippen LogP contribution in [0.3, 0.4) is 0 Å². The minimum Gasteiger partial charge on any atom is -0.347 e. The van der Waals surface area contributed by atoms with Crippen LogP contribution in [-0.4, -0.2) is 36.7 Å². The van der Waals surface area contributed by atoms with Crippen LogP contribution in [0.1, 0.15) is 12.6 Å². The van der Waals surface area contributed by atoms with Crippen molar-refractivity contribution < 1.29 is 18.0 Å². The molecule has 0 bridgehead atoms. The molecule has 2 aromatic heterocycles. The van der Waals surface area contributed by atoms with E-state index in [1.807, 2.05) is 0 Å². The third-order valence-corrected chi connectivity index (χ3v) is 6.74. The van der Waals surface area contributed by atoms with Gasteiger partial charge < -0.3 is 10.6 Å². The summed E-state index contributed by atoms with van der Waals surface area (Å²) in [6, 6.07) is 9.45. The van der Waals surface area contributed by atoms with Gasteiger partial charge in [-0.1, -0.05) is 41.1 Å². The van der Waals surface area contributed by atoms with Gasteiger partial charge >= 0.3 is 0 Å². The number of nitrogens with zero attached hydrogens (tertiary/aromatic N) is 2. The maximum absolute atomic E-state index is 12.6. The van der Waals surface area contributed by atoms with E-state index < -0.39 is 15.9 Å². The molecule has 2 amide bonds. The number of aryl methyl sites for hydroxylation is 1. The Morgan fingerprint density at radius 3 is 2.58 bits per heavy atom. The second-order valence-electron chi connectivity index (χ2n) is 6.37. The summed E-state index contributed by atoms with van der Waals surface area (Å²) in [5, 5.41) is 5.35. The number of carbonyl (C=O) groups excluding carboxylic acids is 2. The lowest BCUT2D eigenvalue weighted by Crippen LogP contribution is -2.31. The minimum absolute atomic E-state index is 0.00532. The molecule has 0 aliphatic heterocycles. The molecule has 0 spiro atoms. The molecule has 0 fully saturated rings. The van der Waals surface area contributed by atoms with Crippen molar-refractivity contribution >= 4 is 55.6 Å². The van der Waals surface area contributed by atoms with Gasteiger partial charge in [0.15, 0.2) is 10.3 Å². The van der Waals surface area contributed by atoms with E-state index >= 15 is 0 Å². The molecule has 31 heavy (non-hydrogen) atoms. The van der Waals surface area contributed by atoms with Gasteiger partial charge in [0.25, 0.3) is 10.0 Å². The van der Waals surface area contributed by atoms with Gasteiger partial charge in [0.2, 0.25) is 11.8 Å². The maximum atomic E-state index is 12.6. The zero-order valence-electron chi connectivity index (χ0n) is 16.5. The first kappa shape index (κ1) is 22.7. The fourth-order valence-electron chi connectivity index (χ4n) is 2.53. The van der Waals surface area contributed by atoms with Crippen LogP contribution in [0.25, 0.3) is 10.4 Å². The lowest BCUT2D eigenvalue weighted by atomic mass is 10.2. The smallest absolute Gasteiger partial charge is 0.261 e. The first-order valence-electron chi connectivity index (χ1n) is 8.91. The Bertz CT molecular complexity index is 1230. The Labute approximate surface area is 187 Å². The molecule has 162 valence electrons. The number of anilines is 2. The highest BCUT2D eigenvalue weighted by Gasteiger charge is 2.18. The van der Waals surface area contributed by atoms with Gasteiger partial charge in [-0.15, -0.1) is 0 Å². The Hall–Kier alpha value is -3.02. The van der Waals surface area contributed by atoms with Gasteiger partial charge in [0.05, 0.1) is 27.7 Å². The van der Waals surface area contributed by atoms with Crippen LogP contribution in [0, 0.1) is 6.92 Å². The summed E-state index contributed by atoms with van der Waals surface area (Å²) in [7, 11) is -3.85. The Balaban J connectivity index is 1.84. The maximum Gasteiger partial charge on any atom is 0.261 e. The molecule has 1 aromatic carbocycles. The molecule has 0 saturated heterocycles. The Morgan fingerprint density at radius 1 is 1.19 bits per heavy atom. The third kappa shape index (κ3) is 5.78. The summed E-state index contributed by atoms with van der Waals surface area (Å²) in [6.45, 7) is 2.89. The molecule has 0 aliphatic carbocycles. The number of benzene rings is 1. The van der Waals surface area contributed by atoms with Gasteiger partial charge in [-0.05, 0) is 25.1 Å². The summed E-state index contributed by atoms with van der Waals surface area (Å²) < 4.78 is 27.7. The number of carbonyl (C=O) groups is 2. The summed E-state index contributed by atoms with van der Waals surface area (Å²) >= 11 is 7.30. The van der Waals surface area contributed by atoms with Gasteiger partial charge in [-0.3, -0.25) is 14.3 Å². The Morgan fingerprint density at radius 2 is 1.90 bits per heavy atom. The van der Waals surface area contributed by atoms with Crippen LogP contribution in [0.15, 0.2) is 47.5 Å². The number of hydrogen-bond acceptors (Lipinski definition) is 7. The normalized spacial score (nSPS) is 11.1. The van der Waals surface area contributed by atoms with Gasteiger partial charge in [-0.2, -0.15) is 0 Å². The number of sulfonamides is 1. The second-order valence-corrected chi connectivity index (χ2v) is 9.41. The predicted octanol–water partition coefficient (Wildman–Crippen LogP) is 3.04. The molecule has 2 heterocycles. The molecule has 3 aromatic rings.